The number of carbonyl (C=O) groups excluding carboxylic acids is 1. The van der Waals surface area contributed by atoms with Gasteiger partial charge in [-0.2, -0.15) is 0 Å². The van der Waals surface area contributed by atoms with Crippen molar-refractivity contribution in [1.29, 1.82) is 0 Å². The predicted molar refractivity (Wildman–Crippen MR) is 73.5 cm³/mol. The zero-order chi connectivity index (χ0) is 13.7. The standard InChI is InChI=1S/C14H19N3O2/c1-19-10-11-4-6-17(7-5-11)14(18)8-13-3-2-12(15)9-16-13/h2-4,9H,5-8,10,15H2,1H3. The number of aromatic nitrogens is 1. The molecule has 0 spiro atoms. The van der Waals surface area contributed by atoms with Crippen LogP contribution in [0.2, 0.25) is 0 Å². The molecule has 102 valence electrons. The van der Waals surface area contributed by atoms with Gasteiger partial charge >= 0.3 is 0 Å². The number of anilines is 1. The molecule has 0 saturated heterocycles. The van der Waals surface area contributed by atoms with Gasteiger partial charge in [-0.15, -0.1) is 0 Å². The van der Waals surface area contributed by atoms with Crippen molar-refractivity contribution >= 4 is 11.6 Å². The van der Waals surface area contributed by atoms with Crippen molar-refractivity contribution in [3.05, 3.63) is 35.7 Å². The molecule has 5 heteroatoms. The van der Waals surface area contributed by atoms with Gasteiger partial charge in [0.2, 0.25) is 5.91 Å². The van der Waals surface area contributed by atoms with Crippen LogP contribution in [0.25, 0.3) is 0 Å². The van der Waals surface area contributed by atoms with Crippen molar-refractivity contribution in [3.63, 3.8) is 0 Å². The highest BCUT2D eigenvalue weighted by Gasteiger charge is 2.17. The summed E-state index contributed by atoms with van der Waals surface area (Å²) in [6.07, 6.45) is 4.86. The first-order valence-corrected chi connectivity index (χ1v) is 6.34. The summed E-state index contributed by atoms with van der Waals surface area (Å²) in [5, 5.41) is 0. The minimum atomic E-state index is 0.102. The van der Waals surface area contributed by atoms with Crippen molar-refractivity contribution in [2.75, 3.05) is 32.5 Å². The Bertz CT molecular complexity index is 468. The number of pyridine rings is 1. The van der Waals surface area contributed by atoms with E-state index < -0.39 is 0 Å². The monoisotopic (exact) mass is 261 g/mol. The Kier molecular flexibility index (Phi) is 4.52. The third-order valence-electron chi connectivity index (χ3n) is 3.17. The number of methoxy groups -OCH3 is 1. The highest BCUT2D eigenvalue weighted by atomic mass is 16.5. The third kappa shape index (κ3) is 3.79. The maximum Gasteiger partial charge on any atom is 0.228 e. The number of nitrogen functional groups attached to an aromatic ring is 1. The molecular weight excluding hydrogens is 242 g/mol. The maximum absolute atomic E-state index is 12.1. The molecule has 0 bridgehead atoms. The van der Waals surface area contributed by atoms with E-state index in [1.807, 2.05) is 4.90 Å². The second kappa shape index (κ2) is 6.33. The first-order chi connectivity index (χ1) is 9.19. The average Bonchev–Trinajstić information content (AvgIpc) is 2.42. The topological polar surface area (TPSA) is 68.5 Å². The van der Waals surface area contributed by atoms with Gasteiger partial charge in [-0.25, -0.2) is 0 Å². The summed E-state index contributed by atoms with van der Waals surface area (Å²) in [6.45, 7) is 2.07. The van der Waals surface area contributed by atoms with Gasteiger partial charge in [0.05, 0.1) is 24.9 Å². The van der Waals surface area contributed by atoms with Crippen molar-refractivity contribution < 1.29 is 9.53 Å². The maximum atomic E-state index is 12.1. The molecule has 1 aliphatic rings. The van der Waals surface area contributed by atoms with Crippen molar-refractivity contribution in [2.24, 2.45) is 0 Å². The van der Waals surface area contributed by atoms with Crippen LogP contribution in [0.1, 0.15) is 12.1 Å². The van der Waals surface area contributed by atoms with E-state index in [0.717, 1.165) is 18.7 Å². The Morgan fingerprint density at radius 2 is 2.37 bits per heavy atom. The second-order valence-electron chi connectivity index (χ2n) is 4.64. The van der Waals surface area contributed by atoms with E-state index >= 15 is 0 Å². The molecular formula is C14H19N3O2. The Hall–Kier alpha value is -1.88. The SMILES string of the molecule is COCC1=CCN(C(=O)Cc2ccc(N)cn2)CC1. The quantitative estimate of drug-likeness (QED) is 0.821. The molecule has 0 radical (unpaired) electrons. The lowest BCUT2D eigenvalue weighted by atomic mass is 10.1. The Balaban J connectivity index is 1.89. The van der Waals surface area contributed by atoms with E-state index in [9.17, 15) is 4.79 Å². The van der Waals surface area contributed by atoms with E-state index in [4.69, 9.17) is 10.5 Å². The Morgan fingerprint density at radius 3 is 2.95 bits per heavy atom. The fourth-order valence-electron chi connectivity index (χ4n) is 2.06. The van der Waals surface area contributed by atoms with E-state index in [1.165, 1.54) is 5.57 Å². The highest BCUT2D eigenvalue weighted by molar-refractivity contribution is 5.78. The summed E-state index contributed by atoms with van der Waals surface area (Å²) in [4.78, 5) is 18.1. The van der Waals surface area contributed by atoms with E-state index in [0.29, 0.717) is 25.3 Å². The summed E-state index contributed by atoms with van der Waals surface area (Å²) in [5.74, 6) is 0.102. The normalized spacial score (nSPS) is 15.2. The minimum absolute atomic E-state index is 0.102. The summed E-state index contributed by atoms with van der Waals surface area (Å²) in [7, 11) is 1.69. The van der Waals surface area contributed by atoms with Gasteiger partial charge in [0, 0.05) is 25.9 Å². The molecule has 1 aromatic rings. The molecule has 2 N–H and O–H groups in total. The van der Waals surface area contributed by atoms with E-state index in [2.05, 4.69) is 11.1 Å². The lowest BCUT2D eigenvalue weighted by Crippen LogP contribution is -2.36. The molecule has 0 unspecified atom stereocenters. The molecule has 0 aliphatic carbocycles. The molecule has 1 aliphatic heterocycles. The third-order valence-corrected chi connectivity index (χ3v) is 3.17. The second-order valence-corrected chi connectivity index (χ2v) is 4.64. The molecule has 0 saturated carbocycles. The van der Waals surface area contributed by atoms with E-state index in [-0.39, 0.29) is 5.91 Å². The predicted octanol–water partition coefficient (Wildman–Crippen LogP) is 1.01. The molecule has 2 rings (SSSR count). The Morgan fingerprint density at radius 1 is 1.53 bits per heavy atom. The molecule has 0 atom stereocenters. The molecule has 1 amide bonds. The number of hydrogen-bond acceptors (Lipinski definition) is 4. The molecule has 0 aromatic carbocycles. The van der Waals surface area contributed by atoms with Crippen LogP contribution in [0.5, 0.6) is 0 Å². The number of amides is 1. The minimum Gasteiger partial charge on any atom is -0.397 e. The van der Waals surface area contributed by atoms with Crippen LogP contribution >= 0.6 is 0 Å². The zero-order valence-electron chi connectivity index (χ0n) is 11.1. The number of ether oxygens (including phenoxy) is 1. The molecule has 0 fully saturated rings. The van der Waals surface area contributed by atoms with Gasteiger partial charge in [0.25, 0.3) is 0 Å². The van der Waals surface area contributed by atoms with Crippen LogP contribution in [0, 0.1) is 0 Å². The van der Waals surface area contributed by atoms with Gasteiger partial charge < -0.3 is 15.4 Å². The summed E-state index contributed by atoms with van der Waals surface area (Å²) in [5.41, 5.74) is 8.20. The van der Waals surface area contributed by atoms with Gasteiger partial charge in [0.1, 0.15) is 0 Å². The lowest BCUT2D eigenvalue weighted by molar-refractivity contribution is -0.130. The first kappa shape index (κ1) is 13.5. The number of carbonyl (C=O) groups is 1. The zero-order valence-corrected chi connectivity index (χ0v) is 11.1. The summed E-state index contributed by atoms with van der Waals surface area (Å²) >= 11 is 0. The average molecular weight is 261 g/mol. The highest BCUT2D eigenvalue weighted by Crippen LogP contribution is 2.12. The number of nitrogens with two attached hydrogens (primary N) is 1. The van der Waals surface area contributed by atoms with Crippen LogP contribution in [0.3, 0.4) is 0 Å². The number of hydrogen-bond donors (Lipinski definition) is 1. The van der Waals surface area contributed by atoms with Crippen molar-refractivity contribution in [1.82, 2.24) is 9.88 Å². The van der Waals surface area contributed by atoms with Gasteiger partial charge in [-0.1, -0.05) is 6.08 Å². The fraction of sp³-hybridized carbons (Fsp3) is 0.429. The van der Waals surface area contributed by atoms with Gasteiger partial charge in [-0.05, 0) is 24.1 Å². The van der Waals surface area contributed by atoms with Crippen molar-refractivity contribution in [3.8, 4) is 0 Å². The van der Waals surface area contributed by atoms with E-state index in [1.54, 1.807) is 25.4 Å². The van der Waals surface area contributed by atoms with Crippen LogP contribution < -0.4 is 5.73 Å². The largest absolute Gasteiger partial charge is 0.397 e. The van der Waals surface area contributed by atoms with Crippen LogP contribution in [0.4, 0.5) is 5.69 Å². The Labute approximate surface area is 113 Å². The molecule has 2 heterocycles. The summed E-state index contributed by atoms with van der Waals surface area (Å²) < 4.78 is 5.09. The van der Waals surface area contributed by atoms with Crippen molar-refractivity contribution in [2.45, 2.75) is 12.8 Å². The van der Waals surface area contributed by atoms with Gasteiger partial charge in [0.15, 0.2) is 0 Å². The molecule has 1 aromatic heterocycles. The lowest BCUT2D eigenvalue weighted by Gasteiger charge is -2.26. The van der Waals surface area contributed by atoms with Gasteiger partial charge in [-0.3, -0.25) is 9.78 Å². The molecule has 5 nitrogen and oxygen atoms in total. The van der Waals surface area contributed by atoms with Crippen LogP contribution in [-0.4, -0.2) is 42.6 Å². The van der Waals surface area contributed by atoms with Crippen LogP contribution in [0.15, 0.2) is 30.0 Å². The number of nitrogens with zero attached hydrogens (tertiary/aromatic N) is 2. The summed E-state index contributed by atoms with van der Waals surface area (Å²) in [6, 6.07) is 3.56. The smallest absolute Gasteiger partial charge is 0.228 e. The fourth-order valence-corrected chi connectivity index (χ4v) is 2.06. The first-order valence-electron chi connectivity index (χ1n) is 6.34. The number of rotatable bonds is 4. The van der Waals surface area contributed by atoms with Crippen LogP contribution in [-0.2, 0) is 16.0 Å². The molecule has 19 heavy (non-hydrogen) atoms.